The maximum Gasteiger partial charge on any atom is 0.312 e. The second kappa shape index (κ2) is 8.00. The molecule has 0 saturated carbocycles. The smallest absolute Gasteiger partial charge is 0.312 e. The zero-order chi connectivity index (χ0) is 17.6. The van der Waals surface area contributed by atoms with Crippen molar-refractivity contribution in [2.75, 3.05) is 6.61 Å². The minimum atomic E-state index is -0.511. The molecule has 0 amide bonds. The topological polar surface area (TPSA) is 69.2 Å². The van der Waals surface area contributed by atoms with Gasteiger partial charge in [-0.25, -0.2) is 4.98 Å². The van der Waals surface area contributed by atoms with Gasteiger partial charge in [-0.3, -0.25) is 14.6 Å². The number of carbonyl (C=O) groups excluding carboxylic acids is 2. The highest BCUT2D eigenvalue weighted by Crippen LogP contribution is 2.23. The molecule has 3 aromatic rings. The highest BCUT2D eigenvalue weighted by Gasteiger charge is 2.14. The number of carbonyl (C=O) groups is 2. The van der Waals surface area contributed by atoms with Gasteiger partial charge in [-0.2, -0.15) is 0 Å². The third-order valence-corrected chi connectivity index (χ3v) is 4.59. The highest BCUT2D eigenvalue weighted by atomic mass is 35.5. The summed E-state index contributed by atoms with van der Waals surface area (Å²) in [6.07, 6.45) is 3.40. The Balaban J connectivity index is 1.56. The summed E-state index contributed by atoms with van der Waals surface area (Å²) in [5, 5.41) is 2.91. The van der Waals surface area contributed by atoms with Crippen molar-refractivity contribution < 1.29 is 14.3 Å². The van der Waals surface area contributed by atoms with E-state index < -0.39 is 5.97 Å². The number of ether oxygens (including phenoxy) is 1. The Bertz CT molecular complexity index is 896. The van der Waals surface area contributed by atoms with Crippen molar-refractivity contribution in [2.45, 2.75) is 6.42 Å². The Hall–Kier alpha value is -2.57. The number of halogens is 1. The third kappa shape index (κ3) is 4.49. The predicted octanol–water partition coefficient (Wildman–Crippen LogP) is 3.83. The van der Waals surface area contributed by atoms with Gasteiger partial charge >= 0.3 is 5.97 Å². The number of nitrogens with zero attached hydrogens (tertiary/aromatic N) is 2. The molecule has 0 saturated heterocycles. The zero-order valence-corrected chi connectivity index (χ0v) is 14.6. The van der Waals surface area contributed by atoms with Gasteiger partial charge in [-0.1, -0.05) is 23.7 Å². The number of aromatic nitrogens is 2. The second-order valence-electron chi connectivity index (χ2n) is 5.13. The monoisotopic (exact) mass is 372 g/mol. The lowest BCUT2D eigenvalue weighted by Gasteiger charge is -2.04. The predicted molar refractivity (Wildman–Crippen MR) is 95.8 cm³/mol. The van der Waals surface area contributed by atoms with Gasteiger partial charge in [0.2, 0.25) is 5.78 Å². The molecule has 7 heteroatoms. The SMILES string of the molecule is O=C(Cc1csc(-c2cccnc2)n1)OCC(=O)c1ccccc1Cl. The lowest BCUT2D eigenvalue weighted by molar-refractivity contribution is -0.141. The van der Waals surface area contributed by atoms with Gasteiger partial charge in [-0.05, 0) is 24.3 Å². The summed E-state index contributed by atoms with van der Waals surface area (Å²) in [5.74, 6) is -0.850. The Morgan fingerprint density at radius 3 is 2.76 bits per heavy atom. The molecule has 0 N–H and O–H groups in total. The molecule has 0 fully saturated rings. The summed E-state index contributed by atoms with van der Waals surface area (Å²) < 4.78 is 5.04. The molecule has 0 atom stereocenters. The molecule has 5 nitrogen and oxygen atoms in total. The number of hydrogen-bond donors (Lipinski definition) is 0. The number of thiazole rings is 1. The van der Waals surface area contributed by atoms with Crippen molar-refractivity contribution >= 4 is 34.7 Å². The molecule has 1 aromatic carbocycles. The van der Waals surface area contributed by atoms with Gasteiger partial charge in [0.05, 0.1) is 17.1 Å². The van der Waals surface area contributed by atoms with E-state index in [2.05, 4.69) is 9.97 Å². The summed E-state index contributed by atoms with van der Waals surface area (Å²) in [7, 11) is 0. The van der Waals surface area contributed by atoms with Crippen molar-refractivity contribution in [3.63, 3.8) is 0 Å². The summed E-state index contributed by atoms with van der Waals surface area (Å²) >= 11 is 7.37. The van der Waals surface area contributed by atoms with E-state index in [4.69, 9.17) is 16.3 Å². The van der Waals surface area contributed by atoms with Crippen LogP contribution in [0, 0.1) is 0 Å². The van der Waals surface area contributed by atoms with Crippen LogP contribution in [0.5, 0.6) is 0 Å². The van der Waals surface area contributed by atoms with Crippen molar-refractivity contribution in [1.29, 1.82) is 0 Å². The van der Waals surface area contributed by atoms with E-state index in [1.165, 1.54) is 11.3 Å². The Morgan fingerprint density at radius 1 is 1.16 bits per heavy atom. The maximum absolute atomic E-state index is 12.0. The standard InChI is InChI=1S/C18H13ClN2O3S/c19-15-6-2-1-5-14(15)16(22)10-24-17(23)8-13-11-25-18(21-13)12-4-3-7-20-9-12/h1-7,9,11H,8,10H2. The molecule has 3 rings (SSSR count). The largest absolute Gasteiger partial charge is 0.457 e. The second-order valence-corrected chi connectivity index (χ2v) is 6.39. The molecule has 0 aliphatic rings. The minimum Gasteiger partial charge on any atom is -0.457 e. The first-order chi connectivity index (χ1) is 12.1. The van der Waals surface area contributed by atoms with Gasteiger partial charge in [0.15, 0.2) is 6.61 Å². The van der Waals surface area contributed by atoms with Crippen LogP contribution in [0.15, 0.2) is 54.2 Å². The lowest BCUT2D eigenvalue weighted by Crippen LogP contribution is -2.16. The first-order valence-corrected chi connectivity index (χ1v) is 8.67. The average molecular weight is 373 g/mol. The van der Waals surface area contributed by atoms with Crippen LogP contribution in [0.2, 0.25) is 5.02 Å². The maximum atomic E-state index is 12.0. The Kier molecular flexibility index (Phi) is 5.53. The van der Waals surface area contributed by atoms with Gasteiger partial charge in [0.1, 0.15) is 5.01 Å². The van der Waals surface area contributed by atoms with Gasteiger partial charge in [-0.15, -0.1) is 11.3 Å². The summed E-state index contributed by atoms with van der Waals surface area (Å²) in [6.45, 7) is -0.345. The normalized spacial score (nSPS) is 10.4. The molecule has 0 unspecified atom stereocenters. The van der Waals surface area contributed by atoms with Gasteiger partial charge in [0, 0.05) is 28.9 Å². The molecule has 25 heavy (non-hydrogen) atoms. The number of hydrogen-bond acceptors (Lipinski definition) is 6. The van der Waals surface area contributed by atoms with Crippen molar-refractivity contribution in [3.05, 3.63) is 70.5 Å². The number of pyridine rings is 1. The molecular formula is C18H13ClN2O3S. The fourth-order valence-corrected chi connectivity index (χ4v) is 3.17. The van der Waals surface area contributed by atoms with E-state index in [1.54, 1.807) is 42.0 Å². The first kappa shape index (κ1) is 17.3. The first-order valence-electron chi connectivity index (χ1n) is 7.41. The van der Waals surface area contributed by atoms with Crippen LogP contribution in [0.25, 0.3) is 10.6 Å². The van der Waals surface area contributed by atoms with E-state index in [0.717, 1.165) is 10.6 Å². The van der Waals surface area contributed by atoms with Crippen LogP contribution < -0.4 is 0 Å². The van der Waals surface area contributed by atoms with Crippen molar-refractivity contribution in [2.24, 2.45) is 0 Å². The number of esters is 1. The molecule has 0 aliphatic heterocycles. The van der Waals surface area contributed by atoms with Gasteiger partial charge in [0.25, 0.3) is 0 Å². The van der Waals surface area contributed by atoms with E-state index in [1.807, 2.05) is 12.1 Å². The molecule has 0 aliphatic carbocycles. The number of rotatable bonds is 6. The molecule has 126 valence electrons. The summed E-state index contributed by atoms with van der Waals surface area (Å²) in [4.78, 5) is 32.4. The van der Waals surface area contributed by atoms with E-state index in [9.17, 15) is 9.59 Å². The van der Waals surface area contributed by atoms with Crippen LogP contribution in [0.1, 0.15) is 16.1 Å². The molecule has 2 heterocycles. The quantitative estimate of drug-likeness (QED) is 0.486. The van der Waals surface area contributed by atoms with Crippen LogP contribution >= 0.6 is 22.9 Å². The summed E-state index contributed by atoms with van der Waals surface area (Å²) in [5.41, 5.74) is 1.82. The average Bonchev–Trinajstić information content (AvgIpc) is 3.09. The van der Waals surface area contributed by atoms with Crippen molar-refractivity contribution in [3.8, 4) is 10.6 Å². The molecule has 2 aromatic heterocycles. The van der Waals surface area contributed by atoms with Crippen LogP contribution in [0.3, 0.4) is 0 Å². The Morgan fingerprint density at radius 2 is 2.00 bits per heavy atom. The van der Waals surface area contributed by atoms with E-state index in [-0.39, 0.29) is 18.8 Å². The van der Waals surface area contributed by atoms with Crippen LogP contribution in [0.4, 0.5) is 0 Å². The van der Waals surface area contributed by atoms with E-state index >= 15 is 0 Å². The lowest BCUT2D eigenvalue weighted by atomic mass is 10.1. The molecule has 0 spiro atoms. The summed E-state index contributed by atoms with van der Waals surface area (Å²) in [6, 6.07) is 10.4. The Labute approximate surface area is 153 Å². The van der Waals surface area contributed by atoms with Crippen LogP contribution in [-0.4, -0.2) is 28.3 Å². The zero-order valence-electron chi connectivity index (χ0n) is 13.0. The third-order valence-electron chi connectivity index (χ3n) is 3.32. The fourth-order valence-electron chi connectivity index (χ4n) is 2.12. The molecule has 0 radical (unpaired) electrons. The minimum absolute atomic E-state index is 0.00651. The number of Topliss-reactive ketones (excluding diaryl/α,β-unsaturated/α-hetero) is 1. The molecular weight excluding hydrogens is 360 g/mol. The van der Waals surface area contributed by atoms with Gasteiger partial charge < -0.3 is 4.74 Å². The number of benzene rings is 1. The van der Waals surface area contributed by atoms with Crippen molar-refractivity contribution in [1.82, 2.24) is 9.97 Å². The fraction of sp³-hybridized carbons (Fsp3) is 0.111. The number of ketones is 1. The van der Waals surface area contributed by atoms with Crippen LogP contribution in [-0.2, 0) is 16.0 Å². The molecule has 0 bridgehead atoms. The van der Waals surface area contributed by atoms with E-state index in [0.29, 0.717) is 16.3 Å². The highest BCUT2D eigenvalue weighted by molar-refractivity contribution is 7.13.